The molecular formula is C49H65N7O10. The molecule has 7 rings (SSSR count). The van der Waals surface area contributed by atoms with E-state index in [0.29, 0.717) is 37.2 Å². The van der Waals surface area contributed by atoms with Crippen molar-refractivity contribution in [1.82, 2.24) is 35.1 Å². The summed E-state index contributed by atoms with van der Waals surface area (Å²) in [6.07, 6.45) is 4.18. The van der Waals surface area contributed by atoms with Gasteiger partial charge in [0.05, 0.1) is 25.5 Å². The number of methoxy groups -OCH3 is 1. The van der Waals surface area contributed by atoms with Crippen molar-refractivity contribution in [2.45, 2.75) is 103 Å². The van der Waals surface area contributed by atoms with E-state index >= 15 is 0 Å². The first-order valence-corrected chi connectivity index (χ1v) is 22.8. The second-order valence-electron chi connectivity index (χ2n) is 19.3. The van der Waals surface area contributed by atoms with Gasteiger partial charge in [-0.25, -0.2) is 4.79 Å². The number of nitrogens with one attached hydrogen (secondary N) is 2. The molecule has 5 heterocycles. The zero-order chi connectivity index (χ0) is 47.7. The Labute approximate surface area is 385 Å². The topological polar surface area (TPSA) is 219 Å². The Morgan fingerprint density at radius 2 is 1.85 bits per heavy atom. The second-order valence-corrected chi connectivity index (χ2v) is 19.3. The normalized spacial score (nSPS) is 23.1. The SMILES string of the molecule is CCn1c(-c2cnccc2COC)c2c3cc(ccc31)-c1cc(O)cc(c1)C[C@H](NC(=O)[C@H](C(C)C)N(C)C(=O)[C@]1(O)CCN(CCO)C1)C(=O)N1CCC[C@@](O)(N1)C(=O)OCC(C)(C)C2. The molecule has 2 saturated heterocycles. The van der Waals surface area contributed by atoms with Crippen LogP contribution in [0.25, 0.3) is 33.3 Å². The summed E-state index contributed by atoms with van der Waals surface area (Å²) >= 11 is 0. The summed E-state index contributed by atoms with van der Waals surface area (Å²) in [5, 5.41) is 49.0. The number of phenolic OH excluding ortho intramolecular Hbond substituents is 1. The lowest BCUT2D eigenvalue weighted by molar-refractivity contribution is -0.189. The largest absolute Gasteiger partial charge is 0.508 e. The molecule has 0 saturated carbocycles. The molecule has 3 amide bonds. The van der Waals surface area contributed by atoms with Crippen LogP contribution in [-0.4, -0.2) is 145 Å². The zero-order valence-corrected chi connectivity index (χ0v) is 39.1. The summed E-state index contributed by atoms with van der Waals surface area (Å²) < 4.78 is 13.8. The number of pyridine rings is 1. The summed E-state index contributed by atoms with van der Waals surface area (Å²) in [4.78, 5) is 64.6. The molecule has 0 aliphatic carbocycles. The number of aromatic nitrogens is 2. The van der Waals surface area contributed by atoms with Crippen LogP contribution >= 0.6 is 0 Å². The lowest BCUT2D eigenvalue weighted by Crippen LogP contribution is -2.67. The van der Waals surface area contributed by atoms with E-state index in [-0.39, 0.29) is 64.3 Å². The quantitative estimate of drug-likeness (QED) is 0.119. The summed E-state index contributed by atoms with van der Waals surface area (Å²) in [5.74, 6) is -3.49. The number of likely N-dealkylation sites (tertiary alicyclic amines) is 1. The van der Waals surface area contributed by atoms with Gasteiger partial charge in [0.1, 0.15) is 17.8 Å². The second kappa shape index (κ2) is 19.4. The molecule has 4 atom stereocenters. The van der Waals surface area contributed by atoms with Gasteiger partial charge < -0.3 is 44.7 Å². The highest BCUT2D eigenvalue weighted by molar-refractivity contribution is 5.96. The van der Waals surface area contributed by atoms with Crippen LogP contribution in [0, 0.1) is 11.3 Å². The molecule has 66 heavy (non-hydrogen) atoms. The number of phenols is 1. The molecule has 356 valence electrons. The molecule has 2 fully saturated rings. The molecule has 3 aliphatic rings. The standard InChI is InChI=1S/C49H65N7O10/c1-8-55-40-11-10-32-24-36(40)37(42(55)38-26-50-15-12-33(38)27-65-7)25-47(4,5)29-66-46(62)49(64)13-9-16-56(52-49)44(60)39(22-31-20-34(32)23-35(58)21-31)51-43(59)41(30(2)3)53(6)45(61)48(63)14-17-54(28-48)18-19-57/h10-12,15,20-21,23-24,26,30,39,41,52,57-58,63-64H,8-9,13-14,16-19,22,25,27-29H2,1-7H3,(H,51,59)/t39-,41-,48-,49-/m0/s1. The maximum atomic E-state index is 14.7. The van der Waals surface area contributed by atoms with Crippen LogP contribution in [-0.2, 0) is 54.6 Å². The van der Waals surface area contributed by atoms with Crippen molar-refractivity contribution in [2.75, 3.05) is 53.6 Å². The number of likely N-dealkylation sites (N-methyl/N-ethyl adjacent to an activating group) is 1. The molecule has 6 bridgehead atoms. The van der Waals surface area contributed by atoms with E-state index in [1.807, 2.05) is 44.3 Å². The molecule has 6 N–H and O–H groups in total. The van der Waals surface area contributed by atoms with Crippen LogP contribution in [0.4, 0.5) is 0 Å². The number of carbonyl (C=O) groups is 4. The lowest BCUT2D eigenvalue weighted by atomic mass is 9.84. The molecule has 0 unspecified atom stereocenters. The van der Waals surface area contributed by atoms with Crippen molar-refractivity contribution in [3.8, 4) is 28.1 Å². The fourth-order valence-corrected chi connectivity index (χ4v) is 9.99. The molecule has 17 nitrogen and oxygen atoms in total. The Bertz CT molecular complexity index is 2470. The third-order valence-electron chi connectivity index (χ3n) is 13.2. The van der Waals surface area contributed by atoms with Crippen molar-refractivity contribution in [2.24, 2.45) is 11.3 Å². The van der Waals surface area contributed by atoms with Crippen LogP contribution in [0.3, 0.4) is 0 Å². The Balaban J connectivity index is 1.33. The van der Waals surface area contributed by atoms with E-state index in [1.165, 1.54) is 18.0 Å². The molecule has 3 aliphatic heterocycles. The number of cyclic esters (lactones) is 1. The Morgan fingerprint density at radius 1 is 1.08 bits per heavy atom. The van der Waals surface area contributed by atoms with Gasteiger partial charge >= 0.3 is 5.97 Å². The number of hydrogen-bond acceptors (Lipinski definition) is 13. The van der Waals surface area contributed by atoms with E-state index in [1.54, 1.807) is 38.1 Å². The number of esters is 1. The number of nitrogens with zero attached hydrogens (tertiary/aromatic N) is 5. The molecule has 0 spiro atoms. The van der Waals surface area contributed by atoms with Gasteiger partial charge in [-0.1, -0.05) is 39.8 Å². The maximum absolute atomic E-state index is 14.7. The predicted molar refractivity (Wildman–Crippen MR) is 246 cm³/mol. The molecular weight excluding hydrogens is 847 g/mol. The fraction of sp³-hybridized carbons (Fsp3) is 0.531. The Morgan fingerprint density at radius 3 is 2.56 bits per heavy atom. The van der Waals surface area contributed by atoms with Crippen molar-refractivity contribution in [1.29, 1.82) is 0 Å². The minimum Gasteiger partial charge on any atom is -0.508 e. The number of amides is 3. The number of hydrazine groups is 1. The molecule has 4 aromatic rings. The van der Waals surface area contributed by atoms with Gasteiger partial charge in [0.2, 0.25) is 11.6 Å². The molecule has 2 aromatic carbocycles. The van der Waals surface area contributed by atoms with Gasteiger partial charge in [-0.2, -0.15) is 5.43 Å². The number of carbonyl (C=O) groups excluding carboxylic acids is 4. The smallest absolute Gasteiger partial charge is 0.355 e. The highest BCUT2D eigenvalue weighted by atomic mass is 16.6. The molecule has 0 radical (unpaired) electrons. The van der Waals surface area contributed by atoms with E-state index in [4.69, 9.17) is 9.47 Å². The van der Waals surface area contributed by atoms with Gasteiger partial charge in [-0.05, 0) is 90.3 Å². The molecule has 17 heteroatoms. The van der Waals surface area contributed by atoms with Gasteiger partial charge in [0.15, 0.2) is 5.60 Å². The van der Waals surface area contributed by atoms with E-state index < -0.39 is 58.4 Å². The van der Waals surface area contributed by atoms with E-state index in [2.05, 4.69) is 33.3 Å². The van der Waals surface area contributed by atoms with Crippen molar-refractivity contribution >= 4 is 34.6 Å². The number of aliphatic hydroxyl groups excluding tert-OH is 1. The van der Waals surface area contributed by atoms with Gasteiger partial charge in [-0.3, -0.25) is 29.3 Å². The number of aryl methyl sites for hydroxylation is 1. The molecule has 2 aromatic heterocycles. The summed E-state index contributed by atoms with van der Waals surface area (Å²) in [6.45, 7) is 11.1. The van der Waals surface area contributed by atoms with Gasteiger partial charge in [-0.15, -0.1) is 0 Å². The minimum absolute atomic E-state index is 0.00670. The number of rotatable bonds is 11. The van der Waals surface area contributed by atoms with Gasteiger partial charge in [0.25, 0.3) is 11.8 Å². The Hall–Kier alpha value is -5.43. The first kappa shape index (κ1) is 48.5. The summed E-state index contributed by atoms with van der Waals surface area (Å²) in [5.41, 5.74) is 4.68. The number of fused-ring (bicyclic) bond motifs is 6. The average Bonchev–Trinajstić information content (AvgIpc) is 3.80. The number of ether oxygens (including phenoxy) is 2. The zero-order valence-electron chi connectivity index (χ0n) is 39.1. The minimum atomic E-state index is -2.28. The highest BCUT2D eigenvalue weighted by Gasteiger charge is 2.48. The van der Waals surface area contributed by atoms with Crippen LogP contribution in [0.15, 0.2) is 54.9 Å². The maximum Gasteiger partial charge on any atom is 0.355 e. The number of benzene rings is 2. The van der Waals surface area contributed by atoms with Crippen LogP contribution in [0.1, 0.15) is 70.6 Å². The van der Waals surface area contributed by atoms with Crippen LogP contribution in [0.5, 0.6) is 5.75 Å². The highest BCUT2D eigenvalue weighted by Crippen LogP contribution is 2.41. The third-order valence-corrected chi connectivity index (χ3v) is 13.2. The number of aliphatic hydroxyl groups is 3. The van der Waals surface area contributed by atoms with E-state index in [9.17, 15) is 39.6 Å². The summed E-state index contributed by atoms with van der Waals surface area (Å²) in [6, 6.07) is 10.6. The monoisotopic (exact) mass is 911 g/mol. The van der Waals surface area contributed by atoms with Crippen molar-refractivity contribution < 1.29 is 49.1 Å². The van der Waals surface area contributed by atoms with E-state index in [0.717, 1.165) is 43.9 Å². The lowest BCUT2D eigenvalue weighted by Gasteiger charge is -2.40. The Kier molecular flexibility index (Phi) is 14.3. The van der Waals surface area contributed by atoms with Gasteiger partial charge in [0, 0.05) is 94.0 Å². The number of aromatic hydroxyl groups is 1. The third kappa shape index (κ3) is 9.82. The average molecular weight is 912 g/mol. The predicted octanol–water partition coefficient (Wildman–Crippen LogP) is 3.12. The first-order chi connectivity index (χ1) is 31.3. The van der Waals surface area contributed by atoms with Crippen molar-refractivity contribution in [3.05, 3.63) is 71.5 Å². The number of hydrogen-bond donors (Lipinski definition) is 6. The first-order valence-electron chi connectivity index (χ1n) is 22.8. The number of β-amino-alcohol motifs (C(OH)–C–C–N with tert-alkyl or cyclic N) is 2. The fourth-order valence-electron chi connectivity index (χ4n) is 9.99. The van der Waals surface area contributed by atoms with Crippen LogP contribution in [0.2, 0.25) is 0 Å². The summed E-state index contributed by atoms with van der Waals surface area (Å²) in [7, 11) is 3.09. The van der Waals surface area contributed by atoms with Crippen LogP contribution < -0.4 is 10.7 Å². The van der Waals surface area contributed by atoms with Crippen molar-refractivity contribution in [3.63, 3.8) is 0 Å².